The first-order chi connectivity index (χ1) is 15.4. The molecule has 0 atom stereocenters. The van der Waals surface area contributed by atoms with Crippen molar-refractivity contribution in [3.8, 4) is 17.1 Å². The van der Waals surface area contributed by atoms with Crippen LogP contribution >= 0.6 is 0 Å². The minimum absolute atomic E-state index is 0.0497. The molecule has 1 saturated heterocycles. The molecule has 0 spiro atoms. The van der Waals surface area contributed by atoms with E-state index in [1.54, 1.807) is 16.4 Å². The van der Waals surface area contributed by atoms with Crippen molar-refractivity contribution < 1.29 is 17.7 Å². The zero-order valence-corrected chi connectivity index (χ0v) is 19.5. The summed E-state index contributed by atoms with van der Waals surface area (Å²) in [5, 5.41) is 4.12. The molecule has 0 saturated carbocycles. The van der Waals surface area contributed by atoms with Crippen LogP contribution in [0.25, 0.3) is 11.4 Å². The number of hydrogen-bond donors (Lipinski definition) is 0. The molecule has 1 aliphatic heterocycles. The van der Waals surface area contributed by atoms with Gasteiger partial charge in [0.25, 0.3) is 0 Å². The molecule has 0 amide bonds. The second-order valence-electron chi connectivity index (χ2n) is 8.32. The first-order valence-electron chi connectivity index (χ1n) is 11.1. The molecule has 2 heterocycles. The van der Waals surface area contributed by atoms with Crippen LogP contribution in [0.3, 0.4) is 0 Å². The van der Waals surface area contributed by atoms with Gasteiger partial charge in [-0.05, 0) is 67.6 Å². The Labute approximate surface area is 189 Å². The zero-order valence-electron chi connectivity index (χ0n) is 18.7. The van der Waals surface area contributed by atoms with Gasteiger partial charge in [-0.2, -0.15) is 9.29 Å². The molecule has 1 aromatic heterocycles. The second-order valence-corrected chi connectivity index (χ2v) is 10.3. The van der Waals surface area contributed by atoms with Crippen LogP contribution in [0, 0.1) is 0 Å². The maximum Gasteiger partial charge on any atom is 0.243 e. The van der Waals surface area contributed by atoms with Crippen molar-refractivity contribution >= 4 is 10.0 Å². The van der Waals surface area contributed by atoms with Crippen molar-refractivity contribution in [2.75, 3.05) is 19.7 Å². The number of benzene rings is 2. The highest BCUT2D eigenvalue weighted by Crippen LogP contribution is 2.31. The van der Waals surface area contributed by atoms with Gasteiger partial charge in [0, 0.05) is 24.6 Å². The third kappa shape index (κ3) is 4.71. The van der Waals surface area contributed by atoms with Gasteiger partial charge in [0.1, 0.15) is 5.75 Å². The van der Waals surface area contributed by atoms with Gasteiger partial charge in [-0.3, -0.25) is 0 Å². The second kappa shape index (κ2) is 9.42. The highest BCUT2D eigenvalue weighted by molar-refractivity contribution is 7.89. The summed E-state index contributed by atoms with van der Waals surface area (Å²) in [7, 11) is -3.50. The number of rotatable bonds is 7. The number of nitrogens with zero attached hydrogens (tertiary/aromatic N) is 3. The molecule has 32 heavy (non-hydrogen) atoms. The van der Waals surface area contributed by atoms with E-state index in [4.69, 9.17) is 9.26 Å². The van der Waals surface area contributed by atoms with Gasteiger partial charge >= 0.3 is 0 Å². The summed E-state index contributed by atoms with van der Waals surface area (Å²) in [4.78, 5) is 4.91. The molecule has 4 rings (SSSR count). The van der Waals surface area contributed by atoms with E-state index in [-0.39, 0.29) is 5.92 Å². The van der Waals surface area contributed by atoms with Crippen molar-refractivity contribution in [1.82, 2.24) is 14.4 Å². The van der Waals surface area contributed by atoms with E-state index in [1.807, 2.05) is 43.3 Å². The van der Waals surface area contributed by atoms with Crippen LogP contribution in [-0.2, 0) is 10.0 Å². The fourth-order valence-electron chi connectivity index (χ4n) is 3.90. The van der Waals surface area contributed by atoms with Gasteiger partial charge in [0.05, 0.1) is 11.5 Å². The smallest absolute Gasteiger partial charge is 0.243 e. The van der Waals surface area contributed by atoms with Crippen LogP contribution in [0.15, 0.2) is 57.9 Å². The minimum atomic E-state index is -3.50. The maximum absolute atomic E-state index is 13.0. The van der Waals surface area contributed by atoms with Crippen molar-refractivity contribution in [3.05, 3.63) is 60.0 Å². The average molecular weight is 456 g/mol. The van der Waals surface area contributed by atoms with Crippen molar-refractivity contribution in [2.24, 2.45) is 0 Å². The topological polar surface area (TPSA) is 85.5 Å². The number of ether oxygens (including phenoxy) is 1. The number of hydrogen-bond acceptors (Lipinski definition) is 6. The van der Waals surface area contributed by atoms with Crippen LogP contribution in [-0.4, -0.2) is 42.6 Å². The van der Waals surface area contributed by atoms with Gasteiger partial charge in [-0.1, -0.05) is 31.1 Å². The lowest BCUT2D eigenvalue weighted by Gasteiger charge is -2.29. The van der Waals surface area contributed by atoms with Gasteiger partial charge in [0.2, 0.25) is 21.7 Å². The Morgan fingerprint density at radius 3 is 2.31 bits per heavy atom. The Morgan fingerprint density at radius 1 is 1.06 bits per heavy atom. The third-order valence-electron chi connectivity index (χ3n) is 5.85. The Bertz CT molecular complexity index is 1130. The van der Waals surface area contributed by atoms with Crippen LogP contribution in [0.4, 0.5) is 0 Å². The van der Waals surface area contributed by atoms with Crippen molar-refractivity contribution in [3.63, 3.8) is 0 Å². The lowest BCUT2D eigenvalue weighted by molar-refractivity contribution is 0.271. The van der Waals surface area contributed by atoms with Gasteiger partial charge in [-0.25, -0.2) is 8.42 Å². The van der Waals surface area contributed by atoms with Crippen LogP contribution in [0.1, 0.15) is 56.9 Å². The molecular formula is C24H29N3O4S. The van der Waals surface area contributed by atoms with E-state index in [9.17, 15) is 8.42 Å². The Hall–Kier alpha value is -2.71. The summed E-state index contributed by atoms with van der Waals surface area (Å²) < 4.78 is 38.6. The Balaban J connectivity index is 1.40. The largest absolute Gasteiger partial charge is 0.494 e. The van der Waals surface area contributed by atoms with Crippen LogP contribution in [0.2, 0.25) is 0 Å². The fraction of sp³-hybridized carbons (Fsp3) is 0.417. The van der Waals surface area contributed by atoms with E-state index in [1.165, 1.54) is 0 Å². The van der Waals surface area contributed by atoms with Gasteiger partial charge in [0.15, 0.2) is 0 Å². The van der Waals surface area contributed by atoms with Crippen molar-refractivity contribution in [2.45, 2.75) is 50.3 Å². The summed E-state index contributed by atoms with van der Waals surface area (Å²) in [5.74, 6) is 2.31. The minimum Gasteiger partial charge on any atom is -0.494 e. The lowest BCUT2D eigenvalue weighted by Crippen LogP contribution is -2.37. The molecule has 1 fully saturated rings. The summed E-state index contributed by atoms with van der Waals surface area (Å²) in [6.07, 6.45) is 1.29. The van der Waals surface area contributed by atoms with Gasteiger partial charge in [-0.15, -0.1) is 0 Å². The summed E-state index contributed by atoms with van der Waals surface area (Å²) in [6, 6.07) is 14.8. The SMILES string of the molecule is CCOc1ccc(-c2noc(C3CCN(S(=O)(=O)c4ccc(C(C)C)cc4)CC3)n2)cc1. The first kappa shape index (κ1) is 22.5. The molecule has 8 heteroatoms. The van der Waals surface area contributed by atoms with E-state index in [0.717, 1.165) is 16.9 Å². The normalized spacial score (nSPS) is 15.9. The molecule has 0 unspecified atom stereocenters. The first-order valence-corrected chi connectivity index (χ1v) is 12.5. The van der Waals surface area contributed by atoms with E-state index in [0.29, 0.717) is 55.1 Å². The molecule has 0 radical (unpaired) electrons. The van der Waals surface area contributed by atoms with Crippen molar-refractivity contribution in [1.29, 1.82) is 0 Å². The van der Waals surface area contributed by atoms with Crippen LogP contribution < -0.4 is 4.74 Å². The van der Waals surface area contributed by atoms with Crippen LogP contribution in [0.5, 0.6) is 5.75 Å². The highest BCUT2D eigenvalue weighted by Gasteiger charge is 2.32. The Kier molecular flexibility index (Phi) is 6.62. The summed E-state index contributed by atoms with van der Waals surface area (Å²) in [5.41, 5.74) is 1.98. The summed E-state index contributed by atoms with van der Waals surface area (Å²) >= 11 is 0. The quantitative estimate of drug-likeness (QED) is 0.507. The maximum atomic E-state index is 13.0. The monoisotopic (exact) mass is 455 g/mol. The number of piperidine rings is 1. The van der Waals surface area contributed by atoms with E-state index in [2.05, 4.69) is 24.0 Å². The van der Waals surface area contributed by atoms with Gasteiger partial charge < -0.3 is 9.26 Å². The molecule has 1 aliphatic rings. The molecular weight excluding hydrogens is 426 g/mol. The molecule has 0 bridgehead atoms. The molecule has 3 aromatic rings. The molecule has 0 aliphatic carbocycles. The third-order valence-corrected chi connectivity index (χ3v) is 7.77. The molecule has 0 N–H and O–H groups in total. The number of sulfonamides is 1. The highest BCUT2D eigenvalue weighted by atomic mass is 32.2. The average Bonchev–Trinajstić information content (AvgIpc) is 3.30. The Morgan fingerprint density at radius 2 is 1.72 bits per heavy atom. The summed E-state index contributed by atoms with van der Waals surface area (Å²) in [6.45, 7) is 7.60. The molecule has 2 aromatic carbocycles. The lowest BCUT2D eigenvalue weighted by atomic mass is 9.98. The molecule has 7 nitrogen and oxygen atoms in total. The standard InChI is InChI=1S/C24H29N3O4S/c1-4-30-21-9-5-19(6-10-21)23-25-24(31-26-23)20-13-15-27(16-14-20)32(28,29)22-11-7-18(8-12-22)17(2)3/h5-12,17,20H,4,13-16H2,1-3H3. The zero-order chi connectivity index (χ0) is 22.7. The number of aromatic nitrogens is 2. The predicted molar refractivity (Wildman–Crippen MR) is 122 cm³/mol. The van der Waals surface area contributed by atoms with E-state index < -0.39 is 10.0 Å². The predicted octanol–water partition coefficient (Wildman–Crippen LogP) is 4.83. The fourth-order valence-corrected chi connectivity index (χ4v) is 5.37. The van der Waals surface area contributed by atoms with E-state index >= 15 is 0 Å². The molecule has 170 valence electrons.